The molecule has 3 heterocycles. The lowest BCUT2D eigenvalue weighted by atomic mass is 9.52. The summed E-state index contributed by atoms with van der Waals surface area (Å²) in [7, 11) is 0. The standard InChI is InChI=1S/C28H31N7O6/c1-15(27-4-7-28(8-5-27,9-6-27)25(39)40)31-24(38)19-11-18(33-26-34-21(29)13-35(19)26)23(37)30-12-16-2-3-20-17(10-16)32-22(36)14-41-20/h2-3,10-11,13,15H,4-9,12,14,29H2,1H3,(H,30,37)(H,31,38)(H,32,36)(H,39,40). The van der Waals surface area contributed by atoms with Crippen LogP contribution in [0, 0.1) is 10.8 Å². The van der Waals surface area contributed by atoms with Gasteiger partial charge >= 0.3 is 5.97 Å². The molecule has 13 heteroatoms. The van der Waals surface area contributed by atoms with E-state index in [4.69, 9.17) is 10.5 Å². The molecule has 1 aliphatic heterocycles. The highest BCUT2D eigenvalue weighted by Crippen LogP contribution is 2.58. The van der Waals surface area contributed by atoms with E-state index in [0.717, 1.165) is 24.8 Å². The van der Waals surface area contributed by atoms with Crippen molar-refractivity contribution < 1.29 is 29.0 Å². The predicted octanol–water partition coefficient (Wildman–Crippen LogP) is 2.12. The van der Waals surface area contributed by atoms with E-state index in [1.54, 1.807) is 18.2 Å². The first-order valence-electron chi connectivity index (χ1n) is 13.6. The van der Waals surface area contributed by atoms with Crippen LogP contribution in [-0.4, -0.2) is 55.8 Å². The minimum atomic E-state index is -0.724. The summed E-state index contributed by atoms with van der Waals surface area (Å²) in [6.07, 6.45) is 5.49. The van der Waals surface area contributed by atoms with Crippen molar-refractivity contribution in [1.29, 1.82) is 0 Å². The zero-order valence-corrected chi connectivity index (χ0v) is 22.5. The molecule has 2 aromatic heterocycles. The molecule has 1 unspecified atom stereocenters. The number of carboxylic acid groups (broad SMARTS) is 1. The number of nitrogens with zero attached hydrogens (tertiary/aromatic N) is 3. The fraction of sp³-hybridized carbons (Fsp3) is 0.429. The van der Waals surface area contributed by atoms with Crippen LogP contribution in [0.2, 0.25) is 0 Å². The van der Waals surface area contributed by atoms with Crippen LogP contribution >= 0.6 is 0 Å². The maximum Gasteiger partial charge on any atom is 0.309 e. The third kappa shape index (κ3) is 4.70. The topological polar surface area (TPSA) is 190 Å². The molecule has 3 aliphatic carbocycles. The lowest BCUT2D eigenvalue weighted by molar-refractivity contribution is -0.159. The molecule has 6 N–H and O–H groups in total. The number of imidazole rings is 1. The lowest BCUT2D eigenvalue weighted by Gasteiger charge is -2.54. The van der Waals surface area contributed by atoms with E-state index in [1.165, 1.54) is 16.7 Å². The fourth-order valence-corrected chi connectivity index (χ4v) is 6.40. The van der Waals surface area contributed by atoms with Gasteiger partial charge < -0.3 is 31.5 Å². The van der Waals surface area contributed by atoms with Gasteiger partial charge in [-0.05, 0) is 74.6 Å². The van der Waals surface area contributed by atoms with Crippen LogP contribution in [0.4, 0.5) is 11.5 Å². The van der Waals surface area contributed by atoms with Crippen molar-refractivity contribution in [3.8, 4) is 5.75 Å². The molecular formula is C28H31N7O6. The third-order valence-electron chi connectivity index (χ3n) is 9.08. The Labute approximate surface area is 234 Å². The number of aliphatic carboxylic acids is 1. The highest BCUT2D eigenvalue weighted by atomic mass is 16.5. The molecule has 13 nitrogen and oxygen atoms in total. The molecule has 0 saturated heterocycles. The summed E-state index contributed by atoms with van der Waals surface area (Å²) in [5.74, 6) is -1.09. The summed E-state index contributed by atoms with van der Waals surface area (Å²) in [6, 6.07) is 6.41. The number of hydrogen-bond acceptors (Lipinski definition) is 8. The number of aromatic nitrogens is 3. The molecule has 3 amide bonds. The smallest absolute Gasteiger partial charge is 0.309 e. The Balaban J connectivity index is 1.19. The van der Waals surface area contributed by atoms with Crippen molar-refractivity contribution in [2.75, 3.05) is 17.7 Å². The molecule has 7 rings (SSSR count). The van der Waals surface area contributed by atoms with Crippen LogP contribution < -0.4 is 26.4 Å². The second-order valence-electron chi connectivity index (χ2n) is 11.4. The largest absolute Gasteiger partial charge is 0.482 e. The molecule has 3 saturated carbocycles. The van der Waals surface area contributed by atoms with Crippen LogP contribution in [0.1, 0.15) is 72.0 Å². The van der Waals surface area contributed by atoms with Crippen LogP contribution in [0.15, 0.2) is 30.5 Å². The van der Waals surface area contributed by atoms with Crippen LogP contribution in [0.25, 0.3) is 5.78 Å². The average Bonchev–Trinajstić information content (AvgIpc) is 3.35. The number of carbonyl (C=O) groups excluding carboxylic acids is 3. The Hall–Kier alpha value is -4.68. The molecule has 1 aromatic carbocycles. The van der Waals surface area contributed by atoms with E-state index >= 15 is 0 Å². The van der Waals surface area contributed by atoms with Crippen molar-refractivity contribution in [3.05, 3.63) is 47.4 Å². The monoisotopic (exact) mass is 561 g/mol. The number of nitrogens with one attached hydrogen (secondary N) is 3. The van der Waals surface area contributed by atoms with Crippen molar-refractivity contribution in [3.63, 3.8) is 0 Å². The SMILES string of the molecule is CC(NC(=O)c1cc(C(=O)NCc2ccc3c(c2)NC(=O)CO3)nc2nc(N)cn12)C12CCC(C(=O)O)(CC1)CC2. The summed E-state index contributed by atoms with van der Waals surface area (Å²) >= 11 is 0. The number of fused-ring (bicyclic) bond motifs is 5. The van der Waals surface area contributed by atoms with E-state index in [2.05, 4.69) is 25.9 Å². The normalized spacial score (nSPS) is 23.7. The number of ether oxygens (including phenoxy) is 1. The van der Waals surface area contributed by atoms with E-state index in [0.29, 0.717) is 30.7 Å². The number of carbonyl (C=O) groups is 4. The van der Waals surface area contributed by atoms with Crippen molar-refractivity contribution in [2.45, 2.75) is 58.0 Å². The highest BCUT2D eigenvalue weighted by molar-refractivity contribution is 5.98. The maximum absolute atomic E-state index is 13.6. The van der Waals surface area contributed by atoms with Crippen molar-refractivity contribution in [1.82, 2.24) is 25.0 Å². The molecule has 4 aliphatic rings. The molecule has 214 valence electrons. The van der Waals surface area contributed by atoms with Gasteiger partial charge in [0, 0.05) is 12.6 Å². The Bertz CT molecular complexity index is 1570. The molecule has 41 heavy (non-hydrogen) atoms. The summed E-state index contributed by atoms with van der Waals surface area (Å²) < 4.78 is 6.82. The molecule has 0 spiro atoms. The van der Waals surface area contributed by atoms with E-state index in [9.17, 15) is 24.3 Å². The minimum Gasteiger partial charge on any atom is -0.482 e. The Morgan fingerprint density at radius 1 is 1.12 bits per heavy atom. The van der Waals surface area contributed by atoms with E-state index < -0.39 is 23.2 Å². The van der Waals surface area contributed by atoms with Crippen molar-refractivity contribution >= 4 is 41.0 Å². The number of rotatable bonds is 7. The quantitative estimate of drug-likeness (QED) is 0.288. The van der Waals surface area contributed by atoms with Gasteiger partial charge in [-0.3, -0.25) is 23.6 Å². The Morgan fingerprint density at radius 3 is 2.56 bits per heavy atom. The minimum absolute atomic E-state index is 0.00441. The molecule has 3 aromatic rings. The van der Waals surface area contributed by atoms with Gasteiger partial charge in [0.2, 0.25) is 5.78 Å². The number of nitrogens with two attached hydrogens (primary N) is 1. The average molecular weight is 562 g/mol. The van der Waals surface area contributed by atoms with Gasteiger partial charge in [-0.25, -0.2) is 4.98 Å². The first-order valence-corrected chi connectivity index (χ1v) is 13.6. The third-order valence-corrected chi connectivity index (χ3v) is 9.08. The van der Waals surface area contributed by atoms with E-state index in [-0.39, 0.29) is 53.5 Å². The summed E-state index contributed by atoms with van der Waals surface area (Å²) in [5.41, 5.74) is 6.49. The second-order valence-corrected chi connectivity index (χ2v) is 11.4. The van der Waals surface area contributed by atoms with Gasteiger partial charge in [0.05, 0.1) is 17.3 Å². The lowest BCUT2D eigenvalue weighted by Crippen LogP contribution is -2.54. The summed E-state index contributed by atoms with van der Waals surface area (Å²) in [6.45, 7) is 2.05. The number of amides is 3. The summed E-state index contributed by atoms with van der Waals surface area (Å²) in [4.78, 5) is 58.6. The first kappa shape index (κ1) is 26.5. The summed E-state index contributed by atoms with van der Waals surface area (Å²) in [5, 5.41) is 18.3. The van der Waals surface area contributed by atoms with Gasteiger partial charge in [-0.1, -0.05) is 6.07 Å². The van der Waals surface area contributed by atoms with Gasteiger partial charge in [0.15, 0.2) is 6.61 Å². The van der Waals surface area contributed by atoms with Crippen LogP contribution in [0.3, 0.4) is 0 Å². The van der Waals surface area contributed by atoms with Gasteiger partial charge in [0.25, 0.3) is 17.7 Å². The second kappa shape index (κ2) is 9.75. The van der Waals surface area contributed by atoms with Crippen LogP contribution in [-0.2, 0) is 16.1 Å². The first-order chi connectivity index (χ1) is 19.6. The molecule has 0 radical (unpaired) electrons. The number of nitrogen functional groups attached to an aromatic ring is 1. The fourth-order valence-electron chi connectivity index (χ4n) is 6.40. The zero-order valence-electron chi connectivity index (χ0n) is 22.5. The number of benzene rings is 1. The van der Waals surface area contributed by atoms with Crippen LogP contribution in [0.5, 0.6) is 5.75 Å². The molecule has 1 atom stereocenters. The van der Waals surface area contributed by atoms with Gasteiger partial charge in [-0.15, -0.1) is 0 Å². The Kier molecular flexibility index (Phi) is 6.31. The number of hydrogen-bond donors (Lipinski definition) is 5. The molecule has 2 bridgehead atoms. The van der Waals surface area contributed by atoms with E-state index in [1.807, 2.05) is 6.92 Å². The predicted molar refractivity (Wildman–Crippen MR) is 146 cm³/mol. The zero-order chi connectivity index (χ0) is 28.9. The number of carboxylic acids is 1. The Morgan fingerprint density at radius 2 is 1.85 bits per heavy atom. The van der Waals surface area contributed by atoms with Crippen molar-refractivity contribution in [2.24, 2.45) is 10.8 Å². The highest BCUT2D eigenvalue weighted by Gasteiger charge is 2.54. The molecule has 3 fully saturated rings. The van der Waals surface area contributed by atoms with Gasteiger partial charge in [-0.2, -0.15) is 4.98 Å². The maximum atomic E-state index is 13.6. The number of anilines is 2. The molecular weight excluding hydrogens is 530 g/mol. The van der Waals surface area contributed by atoms with Gasteiger partial charge in [0.1, 0.15) is 23.0 Å².